The third-order valence-corrected chi connectivity index (χ3v) is 7.03. The first-order chi connectivity index (χ1) is 13.3. The van der Waals surface area contributed by atoms with Gasteiger partial charge in [0.05, 0.1) is 33.5 Å². The number of pyridine rings is 1. The largest absolute Gasteiger partial charge is 0.337 e. The van der Waals surface area contributed by atoms with Gasteiger partial charge >= 0.3 is 0 Å². The van der Waals surface area contributed by atoms with Gasteiger partial charge in [-0.25, -0.2) is 17.7 Å². The molecule has 3 aromatic heterocycles. The molecule has 0 unspecified atom stereocenters. The van der Waals surface area contributed by atoms with E-state index in [9.17, 15) is 13.2 Å². The third-order valence-electron chi connectivity index (χ3n) is 4.83. The van der Waals surface area contributed by atoms with Crippen molar-refractivity contribution < 1.29 is 17.7 Å². The fourth-order valence-corrected chi connectivity index (χ4v) is 4.97. The zero-order chi connectivity index (χ0) is 19.9. The van der Waals surface area contributed by atoms with Gasteiger partial charge in [-0.3, -0.25) is 4.79 Å². The molecule has 1 aliphatic rings. The van der Waals surface area contributed by atoms with Crippen molar-refractivity contribution in [3.05, 3.63) is 34.8 Å². The van der Waals surface area contributed by atoms with Crippen LogP contribution < -0.4 is 0 Å². The van der Waals surface area contributed by atoms with E-state index in [2.05, 4.69) is 10.1 Å². The minimum Gasteiger partial charge on any atom is -0.337 e. The van der Waals surface area contributed by atoms with Gasteiger partial charge in [-0.05, 0) is 30.9 Å². The van der Waals surface area contributed by atoms with Gasteiger partial charge in [-0.2, -0.15) is 0 Å². The summed E-state index contributed by atoms with van der Waals surface area (Å²) in [6.45, 7) is 3.32. The van der Waals surface area contributed by atoms with Gasteiger partial charge in [0.25, 0.3) is 11.6 Å². The number of amides is 1. The van der Waals surface area contributed by atoms with E-state index in [4.69, 9.17) is 4.52 Å². The third kappa shape index (κ3) is 3.54. The molecule has 0 radical (unpaired) electrons. The Kier molecular flexibility index (Phi) is 4.94. The van der Waals surface area contributed by atoms with Crippen LogP contribution in [0.1, 0.15) is 22.5 Å². The van der Waals surface area contributed by atoms with E-state index < -0.39 is 10.0 Å². The normalized spacial score (nSPS) is 16.4. The van der Waals surface area contributed by atoms with Crippen LogP contribution in [0.3, 0.4) is 0 Å². The van der Waals surface area contributed by atoms with Crippen LogP contribution in [-0.2, 0) is 10.0 Å². The molecule has 0 aliphatic carbocycles. The van der Waals surface area contributed by atoms with E-state index in [-0.39, 0.29) is 5.91 Å². The summed E-state index contributed by atoms with van der Waals surface area (Å²) in [5, 5.41) is 6.53. The second-order valence-corrected chi connectivity index (χ2v) is 9.72. The quantitative estimate of drug-likeness (QED) is 0.645. The van der Waals surface area contributed by atoms with Crippen molar-refractivity contribution in [3.8, 4) is 10.6 Å². The number of hydrogen-bond donors (Lipinski definition) is 0. The van der Waals surface area contributed by atoms with Gasteiger partial charge in [-0.15, -0.1) is 11.3 Å². The van der Waals surface area contributed by atoms with Gasteiger partial charge in [0.15, 0.2) is 0 Å². The van der Waals surface area contributed by atoms with E-state index in [0.29, 0.717) is 60.7 Å². The summed E-state index contributed by atoms with van der Waals surface area (Å²) in [7, 11) is -3.27. The van der Waals surface area contributed by atoms with Gasteiger partial charge in [-0.1, -0.05) is 11.2 Å². The highest BCUT2D eigenvalue weighted by molar-refractivity contribution is 7.88. The SMILES string of the molecule is Cc1noc2nc(-c3cccs3)cc(C(=O)N3CCCN(S(C)(=O)=O)CC3)c12. The molecule has 3 aromatic rings. The van der Waals surface area contributed by atoms with Crippen LogP contribution in [0, 0.1) is 6.92 Å². The Bertz CT molecular complexity index is 1120. The minimum atomic E-state index is -3.27. The van der Waals surface area contributed by atoms with Crippen molar-refractivity contribution in [2.75, 3.05) is 32.4 Å². The van der Waals surface area contributed by atoms with Crippen LogP contribution in [0.5, 0.6) is 0 Å². The number of rotatable bonds is 3. The number of thiophene rings is 1. The number of hydrogen-bond acceptors (Lipinski definition) is 7. The molecule has 1 amide bonds. The second kappa shape index (κ2) is 7.26. The van der Waals surface area contributed by atoms with Crippen LogP contribution in [-0.4, -0.2) is 66.1 Å². The lowest BCUT2D eigenvalue weighted by Crippen LogP contribution is -2.37. The summed E-state index contributed by atoms with van der Waals surface area (Å²) < 4.78 is 30.4. The number of sulfonamides is 1. The van der Waals surface area contributed by atoms with E-state index in [1.165, 1.54) is 21.9 Å². The molecule has 8 nitrogen and oxygen atoms in total. The first kappa shape index (κ1) is 19.0. The van der Waals surface area contributed by atoms with Crippen molar-refractivity contribution in [2.45, 2.75) is 13.3 Å². The first-order valence-corrected chi connectivity index (χ1v) is 11.6. The molecule has 1 aliphatic heterocycles. The maximum atomic E-state index is 13.4. The molecule has 0 bridgehead atoms. The lowest BCUT2D eigenvalue weighted by Gasteiger charge is -2.21. The van der Waals surface area contributed by atoms with E-state index in [1.807, 2.05) is 17.5 Å². The lowest BCUT2D eigenvalue weighted by molar-refractivity contribution is 0.0766. The molecule has 1 saturated heterocycles. The van der Waals surface area contributed by atoms with Crippen LogP contribution in [0.2, 0.25) is 0 Å². The molecule has 28 heavy (non-hydrogen) atoms. The summed E-state index contributed by atoms with van der Waals surface area (Å²) in [5.41, 5.74) is 2.09. The molecule has 4 heterocycles. The van der Waals surface area contributed by atoms with Gasteiger partial charge < -0.3 is 9.42 Å². The Hall–Kier alpha value is -2.30. The average Bonchev–Trinajstić information content (AvgIpc) is 3.23. The van der Waals surface area contributed by atoms with Crippen LogP contribution in [0.25, 0.3) is 21.7 Å². The van der Waals surface area contributed by atoms with Gasteiger partial charge in [0, 0.05) is 26.2 Å². The molecule has 148 valence electrons. The maximum Gasteiger partial charge on any atom is 0.259 e. The Balaban J connectivity index is 1.71. The molecule has 0 saturated carbocycles. The van der Waals surface area contributed by atoms with Crippen molar-refractivity contribution in [3.63, 3.8) is 0 Å². The van der Waals surface area contributed by atoms with E-state index in [0.717, 1.165) is 4.88 Å². The molecule has 1 fully saturated rings. The van der Waals surface area contributed by atoms with Crippen molar-refractivity contribution >= 4 is 38.4 Å². The minimum absolute atomic E-state index is 0.160. The predicted molar refractivity (Wildman–Crippen MR) is 107 cm³/mol. The molecule has 10 heteroatoms. The van der Waals surface area contributed by atoms with Gasteiger partial charge in [0.1, 0.15) is 0 Å². The van der Waals surface area contributed by atoms with Crippen molar-refractivity contribution in [1.29, 1.82) is 0 Å². The lowest BCUT2D eigenvalue weighted by atomic mass is 10.1. The number of carbonyl (C=O) groups is 1. The predicted octanol–water partition coefficient (Wildman–Crippen LogP) is 2.37. The summed E-state index contributed by atoms with van der Waals surface area (Å²) in [4.78, 5) is 20.5. The standard InChI is InChI=1S/C18H20N4O4S2/c1-12-16-13(11-14(15-5-3-10-27-15)19-17(16)26-20-12)18(23)21-6-4-7-22(9-8-21)28(2,24)25/h3,5,10-11H,4,6-9H2,1-2H3. The Morgan fingerprint density at radius 1 is 1.25 bits per heavy atom. The Labute approximate surface area is 166 Å². The summed E-state index contributed by atoms with van der Waals surface area (Å²) in [5.74, 6) is -0.160. The second-order valence-electron chi connectivity index (χ2n) is 6.79. The fourth-order valence-electron chi connectivity index (χ4n) is 3.41. The number of carbonyl (C=O) groups excluding carboxylic acids is 1. The number of fused-ring (bicyclic) bond motifs is 1. The smallest absolute Gasteiger partial charge is 0.259 e. The topological polar surface area (TPSA) is 96.6 Å². The first-order valence-electron chi connectivity index (χ1n) is 8.90. The van der Waals surface area contributed by atoms with E-state index >= 15 is 0 Å². The summed E-state index contributed by atoms with van der Waals surface area (Å²) in [6.07, 6.45) is 1.79. The fraction of sp³-hybridized carbons (Fsp3) is 0.389. The highest BCUT2D eigenvalue weighted by Gasteiger charge is 2.27. The number of nitrogens with zero attached hydrogens (tertiary/aromatic N) is 4. The Morgan fingerprint density at radius 2 is 2.07 bits per heavy atom. The average molecular weight is 421 g/mol. The zero-order valence-corrected chi connectivity index (χ0v) is 17.2. The molecule has 4 rings (SSSR count). The summed E-state index contributed by atoms with van der Waals surface area (Å²) in [6, 6.07) is 5.64. The number of aromatic nitrogens is 2. The molecule has 0 spiro atoms. The van der Waals surface area contributed by atoms with Crippen LogP contribution in [0.4, 0.5) is 0 Å². The monoisotopic (exact) mass is 420 g/mol. The van der Waals surface area contributed by atoms with Gasteiger partial charge in [0.2, 0.25) is 10.0 Å². The molecule has 0 N–H and O–H groups in total. The van der Waals surface area contributed by atoms with Crippen LogP contribution in [0.15, 0.2) is 28.1 Å². The van der Waals surface area contributed by atoms with Crippen LogP contribution >= 0.6 is 11.3 Å². The maximum absolute atomic E-state index is 13.4. The number of aryl methyl sites for hydroxylation is 1. The molecule has 0 atom stereocenters. The van der Waals surface area contributed by atoms with Crippen molar-refractivity contribution in [2.24, 2.45) is 0 Å². The summed E-state index contributed by atoms with van der Waals surface area (Å²) >= 11 is 1.53. The van der Waals surface area contributed by atoms with E-state index in [1.54, 1.807) is 17.9 Å². The zero-order valence-electron chi connectivity index (χ0n) is 15.6. The Morgan fingerprint density at radius 3 is 2.79 bits per heavy atom. The highest BCUT2D eigenvalue weighted by Crippen LogP contribution is 2.30. The highest BCUT2D eigenvalue weighted by atomic mass is 32.2. The molecule has 0 aromatic carbocycles. The molecular formula is C18H20N4O4S2. The van der Waals surface area contributed by atoms with Crippen molar-refractivity contribution in [1.82, 2.24) is 19.3 Å². The molecular weight excluding hydrogens is 400 g/mol.